The molecule has 0 bridgehead atoms. The number of nitrogens with zero attached hydrogens (tertiary/aromatic N) is 2. The van der Waals surface area contributed by atoms with E-state index in [1.165, 1.54) is 5.56 Å². The Morgan fingerprint density at radius 1 is 1.07 bits per heavy atom. The van der Waals surface area contributed by atoms with E-state index in [9.17, 15) is 4.79 Å². The highest BCUT2D eigenvalue weighted by molar-refractivity contribution is 5.82. The first-order valence-electron chi connectivity index (χ1n) is 10.9. The monoisotopic (exact) mass is 392 g/mol. The van der Waals surface area contributed by atoms with Crippen molar-refractivity contribution in [2.75, 3.05) is 26.2 Å². The standard InChI is InChI=1S/C26H36N2O/c1-3-5-11-22-28(23-12-6-4-2)26(29)25(27-20-13-8-14-21-27)19-15-18-24-16-9-7-10-17-24/h3-4,7-10,13,15-18,25H,1-2,5-6,11-12,14,19-23H2/b18-15+/t25-/m1/s1. The minimum absolute atomic E-state index is 0.104. The van der Waals surface area contributed by atoms with Crippen LogP contribution in [0.5, 0.6) is 0 Å². The van der Waals surface area contributed by atoms with Crippen molar-refractivity contribution in [2.24, 2.45) is 0 Å². The first-order chi connectivity index (χ1) is 14.3. The molecule has 1 aromatic carbocycles. The fraction of sp³-hybridized carbons (Fsp3) is 0.423. The van der Waals surface area contributed by atoms with Crippen LogP contribution in [0.3, 0.4) is 0 Å². The molecule has 1 heterocycles. The van der Waals surface area contributed by atoms with Crippen LogP contribution in [0.15, 0.2) is 73.9 Å². The highest BCUT2D eigenvalue weighted by atomic mass is 16.2. The molecule has 0 saturated heterocycles. The van der Waals surface area contributed by atoms with E-state index < -0.39 is 0 Å². The zero-order chi connectivity index (χ0) is 20.7. The smallest absolute Gasteiger partial charge is 0.240 e. The Hall–Kier alpha value is -2.39. The molecule has 3 nitrogen and oxygen atoms in total. The molecule has 0 radical (unpaired) electrons. The molecule has 0 aliphatic carbocycles. The minimum Gasteiger partial charge on any atom is -0.341 e. The van der Waals surface area contributed by atoms with Crippen LogP contribution in [-0.4, -0.2) is 47.9 Å². The molecule has 1 aliphatic heterocycles. The Labute approximate surface area is 177 Å². The quantitative estimate of drug-likeness (QED) is 0.328. The van der Waals surface area contributed by atoms with Gasteiger partial charge in [-0.1, -0.05) is 66.8 Å². The molecule has 29 heavy (non-hydrogen) atoms. The fourth-order valence-electron chi connectivity index (χ4n) is 3.64. The van der Waals surface area contributed by atoms with Crippen molar-refractivity contribution in [3.63, 3.8) is 0 Å². The molecule has 0 N–H and O–H groups in total. The summed E-state index contributed by atoms with van der Waals surface area (Å²) in [5, 5.41) is 0. The third-order valence-electron chi connectivity index (χ3n) is 5.27. The third kappa shape index (κ3) is 8.25. The number of hydrogen-bond donors (Lipinski definition) is 0. The van der Waals surface area contributed by atoms with Crippen molar-refractivity contribution in [2.45, 2.75) is 44.6 Å². The van der Waals surface area contributed by atoms with Crippen LogP contribution >= 0.6 is 0 Å². The Balaban J connectivity index is 2.10. The number of rotatable bonds is 13. The lowest BCUT2D eigenvalue weighted by Crippen LogP contribution is -2.50. The van der Waals surface area contributed by atoms with Crippen LogP contribution in [0.2, 0.25) is 0 Å². The van der Waals surface area contributed by atoms with Gasteiger partial charge in [-0.15, -0.1) is 13.2 Å². The first kappa shape index (κ1) is 22.9. The number of unbranched alkanes of at least 4 members (excludes halogenated alkanes) is 2. The van der Waals surface area contributed by atoms with Gasteiger partial charge in [0.1, 0.15) is 0 Å². The lowest BCUT2D eigenvalue weighted by Gasteiger charge is -2.35. The molecular formula is C26H36N2O. The SMILES string of the molecule is C=CCCCN(CCCC=C)C(=O)[C@@H](C/C=C/c1ccccc1)N1CC=CCC1. The van der Waals surface area contributed by atoms with Gasteiger partial charge < -0.3 is 4.90 Å². The van der Waals surface area contributed by atoms with Gasteiger partial charge in [-0.3, -0.25) is 9.69 Å². The molecule has 1 aromatic rings. The van der Waals surface area contributed by atoms with E-state index in [0.29, 0.717) is 0 Å². The summed E-state index contributed by atoms with van der Waals surface area (Å²) in [6.45, 7) is 11.0. The molecule has 0 aromatic heterocycles. The van der Waals surface area contributed by atoms with Gasteiger partial charge in [0.25, 0.3) is 0 Å². The third-order valence-corrected chi connectivity index (χ3v) is 5.27. The van der Waals surface area contributed by atoms with Gasteiger partial charge in [0, 0.05) is 26.2 Å². The fourth-order valence-corrected chi connectivity index (χ4v) is 3.64. The van der Waals surface area contributed by atoms with E-state index in [0.717, 1.165) is 64.7 Å². The van der Waals surface area contributed by atoms with E-state index in [4.69, 9.17) is 0 Å². The Morgan fingerprint density at radius 2 is 1.76 bits per heavy atom. The number of hydrogen-bond acceptors (Lipinski definition) is 2. The minimum atomic E-state index is -0.104. The normalized spacial score (nSPS) is 15.3. The van der Waals surface area contributed by atoms with Crippen molar-refractivity contribution >= 4 is 12.0 Å². The van der Waals surface area contributed by atoms with Crippen molar-refractivity contribution in [3.8, 4) is 0 Å². The Morgan fingerprint density at radius 3 is 2.34 bits per heavy atom. The summed E-state index contributed by atoms with van der Waals surface area (Å²) >= 11 is 0. The van der Waals surface area contributed by atoms with Crippen molar-refractivity contribution in [3.05, 3.63) is 79.4 Å². The van der Waals surface area contributed by atoms with Gasteiger partial charge in [0.05, 0.1) is 6.04 Å². The van der Waals surface area contributed by atoms with Gasteiger partial charge in [-0.05, 0) is 44.1 Å². The Kier molecular flexibility index (Phi) is 10.8. The molecule has 156 valence electrons. The maximum atomic E-state index is 13.5. The van der Waals surface area contributed by atoms with Crippen LogP contribution in [0.4, 0.5) is 0 Å². The number of amides is 1. The van der Waals surface area contributed by atoms with Crippen LogP contribution < -0.4 is 0 Å². The molecule has 1 atom stereocenters. The van der Waals surface area contributed by atoms with E-state index >= 15 is 0 Å². The second-order valence-corrected chi connectivity index (χ2v) is 7.51. The molecule has 0 spiro atoms. The predicted octanol–water partition coefficient (Wildman–Crippen LogP) is 5.48. The van der Waals surface area contributed by atoms with Crippen LogP contribution in [-0.2, 0) is 4.79 Å². The maximum Gasteiger partial charge on any atom is 0.240 e. The largest absolute Gasteiger partial charge is 0.341 e. The molecule has 2 rings (SSSR count). The van der Waals surface area contributed by atoms with E-state index in [2.05, 4.69) is 59.4 Å². The molecule has 0 fully saturated rings. The summed E-state index contributed by atoms with van der Waals surface area (Å²) in [6.07, 6.45) is 18.1. The Bertz CT molecular complexity index is 663. The van der Waals surface area contributed by atoms with Gasteiger partial charge in [0.15, 0.2) is 0 Å². The average molecular weight is 393 g/mol. The molecule has 0 unspecified atom stereocenters. The van der Waals surface area contributed by atoms with Crippen LogP contribution in [0, 0.1) is 0 Å². The van der Waals surface area contributed by atoms with Gasteiger partial charge in [-0.25, -0.2) is 0 Å². The molecule has 1 amide bonds. The van der Waals surface area contributed by atoms with Crippen LogP contribution in [0.25, 0.3) is 6.08 Å². The summed E-state index contributed by atoms with van der Waals surface area (Å²) in [6, 6.07) is 10.2. The zero-order valence-electron chi connectivity index (χ0n) is 17.7. The number of benzene rings is 1. The topological polar surface area (TPSA) is 23.6 Å². The summed E-state index contributed by atoms with van der Waals surface area (Å²) in [5.41, 5.74) is 1.17. The predicted molar refractivity (Wildman–Crippen MR) is 125 cm³/mol. The lowest BCUT2D eigenvalue weighted by molar-refractivity contribution is -0.137. The van der Waals surface area contributed by atoms with Gasteiger partial charge in [0.2, 0.25) is 5.91 Å². The molecule has 1 aliphatic rings. The second-order valence-electron chi connectivity index (χ2n) is 7.51. The molecule has 0 saturated carbocycles. The van der Waals surface area contributed by atoms with Gasteiger partial charge >= 0.3 is 0 Å². The average Bonchev–Trinajstić information content (AvgIpc) is 2.77. The maximum absolute atomic E-state index is 13.5. The molecular weight excluding hydrogens is 356 g/mol. The van der Waals surface area contributed by atoms with Crippen molar-refractivity contribution in [1.82, 2.24) is 9.80 Å². The number of carbonyl (C=O) groups excluding carboxylic acids is 1. The van der Waals surface area contributed by atoms with Crippen LogP contribution in [0.1, 0.15) is 44.1 Å². The van der Waals surface area contributed by atoms with Crippen molar-refractivity contribution in [1.29, 1.82) is 0 Å². The van der Waals surface area contributed by atoms with E-state index in [1.807, 2.05) is 30.4 Å². The van der Waals surface area contributed by atoms with E-state index in [-0.39, 0.29) is 11.9 Å². The highest BCUT2D eigenvalue weighted by Gasteiger charge is 2.28. The highest BCUT2D eigenvalue weighted by Crippen LogP contribution is 2.16. The second kappa shape index (κ2) is 13.7. The van der Waals surface area contributed by atoms with E-state index in [1.54, 1.807) is 0 Å². The summed E-state index contributed by atoms with van der Waals surface area (Å²) in [4.78, 5) is 17.9. The summed E-state index contributed by atoms with van der Waals surface area (Å²) in [5.74, 6) is 0.256. The number of carbonyl (C=O) groups is 1. The summed E-state index contributed by atoms with van der Waals surface area (Å²) in [7, 11) is 0. The first-order valence-corrected chi connectivity index (χ1v) is 10.9. The van der Waals surface area contributed by atoms with Gasteiger partial charge in [-0.2, -0.15) is 0 Å². The molecule has 3 heteroatoms. The summed E-state index contributed by atoms with van der Waals surface area (Å²) < 4.78 is 0. The lowest BCUT2D eigenvalue weighted by atomic mass is 10.1. The number of allylic oxidation sites excluding steroid dienone is 2. The van der Waals surface area contributed by atoms with Crippen molar-refractivity contribution < 1.29 is 4.79 Å². The zero-order valence-corrected chi connectivity index (χ0v) is 17.7.